The number of carbonyl (C=O) groups is 1. The zero-order valence-corrected chi connectivity index (χ0v) is 14.5. The SMILES string of the molecule is Cc1nnc(-c2ccc(OCC(=O)N3CCCc4ccccc43)cc2)o1. The molecule has 0 unspecified atom stereocenters. The molecule has 1 aliphatic rings. The van der Waals surface area contributed by atoms with Gasteiger partial charge in [-0.15, -0.1) is 10.2 Å². The Morgan fingerprint density at radius 2 is 1.96 bits per heavy atom. The van der Waals surface area contributed by atoms with E-state index < -0.39 is 0 Å². The maximum atomic E-state index is 12.6. The first kappa shape index (κ1) is 16.3. The molecule has 0 N–H and O–H groups in total. The molecule has 2 heterocycles. The highest BCUT2D eigenvalue weighted by molar-refractivity contribution is 5.95. The standard InChI is InChI=1S/C20H19N3O3/c1-14-21-22-20(26-14)16-8-10-17(11-9-16)25-13-19(24)23-12-4-6-15-5-2-3-7-18(15)23/h2-3,5,7-11H,4,6,12-13H2,1H3. The number of carbonyl (C=O) groups excluding carboxylic acids is 1. The molecule has 0 spiro atoms. The van der Waals surface area contributed by atoms with E-state index >= 15 is 0 Å². The van der Waals surface area contributed by atoms with Crippen LogP contribution in [0.3, 0.4) is 0 Å². The van der Waals surface area contributed by atoms with E-state index in [4.69, 9.17) is 9.15 Å². The van der Waals surface area contributed by atoms with E-state index in [0.29, 0.717) is 17.5 Å². The fraction of sp³-hybridized carbons (Fsp3) is 0.250. The number of anilines is 1. The molecule has 26 heavy (non-hydrogen) atoms. The zero-order valence-electron chi connectivity index (χ0n) is 14.5. The van der Waals surface area contributed by atoms with Crippen molar-refractivity contribution in [2.45, 2.75) is 19.8 Å². The second-order valence-electron chi connectivity index (χ2n) is 6.22. The molecule has 0 bridgehead atoms. The van der Waals surface area contributed by atoms with Crippen molar-refractivity contribution in [2.24, 2.45) is 0 Å². The molecule has 0 saturated carbocycles. The molecule has 6 heteroatoms. The minimum atomic E-state index is -0.0336. The lowest BCUT2D eigenvalue weighted by Crippen LogP contribution is -2.38. The van der Waals surface area contributed by atoms with Crippen LogP contribution >= 0.6 is 0 Å². The number of aromatic nitrogens is 2. The van der Waals surface area contributed by atoms with Gasteiger partial charge >= 0.3 is 0 Å². The summed E-state index contributed by atoms with van der Waals surface area (Å²) in [6, 6.07) is 15.3. The molecule has 4 rings (SSSR count). The highest BCUT2D eigenvalue weighted by Gasteiger charge is 2.22. The van der Waals surface area contributed by atoms with Gasteiger partial charge in [0, 0.05) is 24.7 Å². The van der Waals surface area contributed by atoms with Gasteiger partial charge in [0.1, 0.15) is 5.75 Å². The molecule has 132 valence electrons. The quantitative estimate of drug-likeness (QED) is 0.722. The second-order valence-corrected chi connectivity index (χ2v) is 6.22. The fourth-order valence-electron chi connectivity index (χ4n) is 3.12. The van der Waals surface area contributed by atoms with Crippen molar-refractivity contribution in [3.05, 3.63) is 60.0 Å². The lowest BCUT2D eigenvalue weighted by Gasteiger charge is -2.29. The number of para-hydroxylation sites is 1. The molecule has 2 aromatic carbocycles. The lowest BCUT2D eigenvalue weighted by molar-refractivity contribution is -0.120. The number of benzene rings is 2. The summed E-state index contributed by atoms with van der Waals surface area (Å²) < 4.78 is 11.1. The zero-order chi connectivity index (χ0) is 17.9. The van der Waals surface area contributed by atoms with E-state index in [-0.39, 0.29) is 12.5 Å². The van der Waals surface area contributed by atoms with Gasteiger partial charge in [0.15, 0.2) is 6.61 Å². The van der Waals surface area contributed by atoms with Crippen molar-refractivity contribution in [1.82, 2.24) is 10.2 Å². The molecule has 1 aliphatic heterocycles. The van der Waals surface area contributed by atoms with Crippen LogP contribution in [0.15, 0.2) is 52.9 Å². The van der Waals surface area contributed by atoms with Crippen LogP contribution in [0.1, 0.15) is 17.9 Å². The number of ether oxygens (including phenoxy) is 1. The minimum absolute atomic E-state index is 0.00729. The summed E-state index contributed by atoms with van der Waals surface area (Å²) in [7, 11) is 0. The fourth-order valence-corrected chi connectivity index (χ4v) is 3.12. The van der Waals surface area contributed by atoms with Crippen molar-refractivity contribution < 1.29 is 13.9 Å². The van der Waals surface area contributed by atoms with Crippen molar-refractivity contribution in [1.29, 1.82) is 0 Å². The van der Waals surface area contributed by atoms with Crippen LogP contribution in [-0.4, -0.2) is 29.3 Å². The van der Waals surface area contributed by atoms with Crippen molar-refractivity contribution in [3.8, 4) is 17.2 Å². The Balaban J connectivity index is 1.41. The summed E-state index contributed by atoms with van der Waals surface area (Å²) in [5, 5.41) is 7.80. The molecule has 0 aliphatic carbocycles. The van der Waals surface area contributed by atoms with E-state index in [1.807, 2.05) is 35.2 Å². The maximum absolute atomic E-state index is 12.6. The normalized spacial score (nSPS) is 13.3. The van der Waals surface area contributed by atoms with Crippen molar-refractivity contribution in [2.75, 3.05) is 18.1 Å². The molecule has 0 atom stereocenters. The Labute approximate surface area is 151 Å². The van der Waals surface area contributed by atoms with Crippen LogP contribution in [0.5, 0.6) is 5.75 Å². The third-order valence-electron chi connectivity index (χ3n) is 4.40. The van der Waals surface area contributed by atoms with Crippen LogP contribution in [-0.2, 0) is 11.2 Å². The Morgan fingerprint density at radius 3 is 2.73 bits per heavy atom. The average Bonchev–Trinajstić information content (AvgIpc) is 3.12. The highest BCUT2D eigenvalue weighted by atomic mass is 16.5. The number of rotatable bonds is 4. The molecular weight excluding hydrogens is 330 g/mol. The second kappa shape index (κ2) is 7.00. The molecule has 1 aromatic heterocycles. The van der Waals surface area contributed by atoms with E-state index in [9.17, 15) is 4.79 Å². The third kappa shape index (κ3) is 3.31. The third-order valence-corrected chi connectivity index (χ3v) is 4.40. The number of hydrogen-bond acceptors (Lipinski definition) is 5. The first-order valence-electron chi connectivity index (χ1n) is 8.62. The van der Waals surface area contributed by atoms with Gasteiger partial charge in [-0.25, -0.2) is 0 Å². The predicted molar refractivity (Wildman–Crippen MR) is 97.1 cm³/mol. The van der Waals surface area contributed by atoms with Gasteiger partial charge in [-0.2, -0.15) is 0 Å². The lowest BCUT2D eigenvalue weighted by atomic mass is 10.0. The topological polar surface area (TPSA) is 68.5 Å². The molecular formula is C20H19N3O3. The smallest absolute Gasteiger partial charge is 0.264 e. The average molecular weight is 349 g/mol. The summed E-state index contributed by atoms with van der Waals surface area (Å²) in [4.78, 5) is 14.4. The van der Waals surface area contributed by atoms with Crippen molar-refractivity contribution >= 4 is 11.6 Å². The monoisotopic (exact) mass is 349 g/mol. The van der Waals surface area contributed by atoms with Crippen LogP contribution in [0.2, 0.25) is 0 Å². The number of nitrogens with zero attached hydrogens (tertiary/aromatic N) is 3. The number of hydrogen-bond donors (Lipinski definition) is 0. The van der Waals surface area contributed by atoms with E-state index in [1.165, 1.54) is 5.56 Å². The Bertz CT molecular complexity index is 918. The Morgan fingerprint density at radius 1 is 1.15 bits per heavy atom. The Hall–Kier alpha value is -3.15. The first-order chi connectivity index (χ1) is 12.7. The van der Waals surface area contributed by atoms with E-state index in [1.54, 1.807) is 19.1 Å². The van der Waals surface area contributed by atoms with Gasteiger partial charge in [0.25, 0.3) is 5.91 Å². The minimum Gasteiger partial charge on any atom is -0.484 e. The van der Waals surface area contributed by atoms with Crippen molar-refractivity contribution in [3.63, 3.8) is 0 Å². The molecule has 0 saturated heterocycles. The van der Waals surface area contributed by atoms with Gasteiger partial charge in [0.2, 0.25) is 11.8 Å². The number of aryl methyl sites for hydroxylation is 2. The summed E-state index contributed by atoms with van der Waals surface area (Å²) in [5.74, 6) is 1.58. The van der Waals surface area contributed by atoms with Crippen LogP contribution < -0.4 is 9.64 Å². The first-order valence-corrected chi connectivity index (χ1v) is 8.62. The predicted octanol–water partition coefficient (Wildman–Crippen LogP) is 3.40. The molecule has 3 aromatic rings. The molecule has 6 nitrogen and oxygen atoms in total. The van der Waals surface area contributed by atoms with Crippen LogP contribution in [0.4, 0.5) is 5.69 Å². The van der Waals surface area contributed by atoms with Crippen LogP contribution in [0, 0.1) is 6.92 Å². The van der Waals surface area contributed by atoms with E-state index in [2.05, 4.69) is 16.3 Å². The summed E-state index contributed by atoms with van der Waals surface area (Å²) >= 11 is 0. The number of fused-ring (bicyclic) bond motifs is 1. The highest BCUT2D eigenvalue weighted by Crippen LogP contribution is 2.27. The summed E-state index contributed by atoms with van der Waals surface area (Å²) in [6.45, 7) is 2.49. The number of amides is 1. The van der Waals surface area contributed by atoms with Gasteiger partial charge in [-0.3, -0.25) is 4.79 Å². The van der Waals surface area contributed by atoms with Gasteiger partial charge in [-0.05, 0) is 48.7 Å². The van der Waals surface area contributed by atoms with E-state index in [0.717, 1.165) is 30.6 Å². The summed E-state index contributed by atoms with van der Waals surface area (Å²) in [6.07, 6.45) is 1.98. The maximum Gasteiger partial charge on any atom is 0.264 e. The van der Waals surface area contributed by atoms with Gasteiger partial charge in [-0.1, -0.05) is 18.2 Å². The summed E-state index contributed by atoms with van der Waals surface area (Å²) in [5.41, 5.74) is 3.02. The van der Waals surface area contributed by atoms with Crippen LogP contribution in [0.25, 0.3) is 11.5 Å². The van der Waals surface area contributed by atoms with Gasteiger partial charge in [0.05, 0.1) is 0 Å². The molecule has 0 fully saturated rings. The Kier molecular flexibility index (Phi) is 4.39. The largest absolute Gasteiger partial charge is 0.484 e. The van der Waals surface area contributed by atoms with Gasteiger partial charge < -0.3 is 14.1 Å². The molecule has 1 amide bonds. The molecule has 0 radical (unpaired) electrons.